The Labute approximate surface area is 151 Å². The summed E-state index contributed by atoms with van der Waals surface area (Å²) < 4.78 is 10.4. The molecule has 0 aliphatic carbocycles. The van der Waals surface area contributed by atoms with Gasteiger partial charge in [0.15, 0.2) is 6.10 Å². The van der Waals surface area contributed by atoms with Crippen molar-refractivity contribution in [1.82, 2.24) is 0 Å². The van der Waals surface area contributed by atoms with Gasteiger partial charge < -0.3 is 14.8 Å². The van der Waals surface area contributed by atoms with Gasteiger partial charge in [0.2, 0.25) is 0 Å². The van der Waals surface area contributed by atoms with E-state index in [9.17, 15) is 9.59 Å². The summed E-state index contributed by atoms with van der Waals surface area (Å²) in [6.07, 6.45) is -0.670. The van der Waals surface area contributed by atoms with E-state index in [4.69, 9.17) is 4.74 Å². The number of carbonyl (C=O) groups excluding carboxylic acids is 2. The SMILES string of the molecule is COC(=O)c1ccc(NC(=O)C(C)Oc2ccc3ccccc3c2)cc1. The second-order valence-electron chi connectivity index (χ2n) is 5.83. The van der Waals surface area contributed by atoms with Gasteiger partial charge in [-0.25, -0.2) is 4.79 Å². The highest BCUT2D eigenvalue weighted by atomic mass is 16.5. The summed E-state index contributed by atoms with van der Waals surface area (Å²) in [6.45, 7) is 1.69. The fraction of sp³-hybridized carbons (Fsp3) is 0.143. The lowest BCUT2D eigenvalue weighted by atomic mass is 10.1. The predicted octanol–water partition coefficient (Wildman–Crippen LogP) is 4.03. The van der Waals surface area contributed by atoms with E-state index in [-0.39, 0.29) is 5.91 Å². The van der Waals surface area contributed by atoms with Gasteiger partial charge in [0.1, 0.15) is 5.75 Å². The number of carbonyl (C=O) groups is 2. The van der Waals surface area contributed by atoms with Crippen LogP contribution in [0.3, 0.4) is 0 Å². The first-order valence-electron chi connectivity index (χ1n) is 8.21. The van der Waals surface area contributed by atoms with Gasteiger partial charge in [-0.15, -0.1) is 0 Å². The monoisotopic (exact) mass is 349 g/mol. The van der Waals surface area contributed by atoms with Gasteiger partial charge in [0.05, 0.1) is 12.7 Å². The smallest absolute Gasteiger partial charge is 0.337 e. The van der Waals surface area contributed by atoms with Crippen molar-refractivity contribution in [1.29, 1.82) is 0 Å². The molecule has 1 atom stereocenters. The lowest BCUT2D eigenvalue weighted by molar-refractivity contribution is -0.122. The van der Waals surface area contributed by atoms with Crippen molar-refractivity contribution < 1.29 is 19.1 Å². The number of ether oxygens (including phenoxy) is 2. The molecule has 1 unspecified atom stereocenters. The average Bonchev–Trinajstić information content (AvgIpc) is 2.67. The van der Waals surface area contributed by atoms with E-state index in [1.807, 2.05) is 42.5 Å². The first-order valence-corrected chi connectivity index (χ1v) is 8.21. The summed E-state index contributed by atoms with van der Waals surface area (Å²) in [6, 6.07) is 20.1. The summed E-state index contributed by atoms with van der Waals surface area (Å²) in [4.78, 5) is 23.7. The molecule has 5 heteroatoms. The molecule has 3 rings (SSSR count). The second kappa shape index (κ2) is 7.70. The number of hydrogen-bond donors (Lipinski definition) is 1. The number of benzene rings is 3. The standard InChI is InChI=1S/C21H19NO4/c1-14(26-19-12-9-15-5-3-4-6-17(15)13-19)20(23)22-18-10-7-16(8-11-18)21(24)25-2/h3-14H,1-2H3,(H,22,23). The number of nitrogens with one attached hydrogen (secondary N) is 1. The number of fused-ring (bicyclic) bond motifs is 1. The molecule has 0 spiro atoms. The van der Waals surface area contributed by atoms with E-state index in [0.717, 1.165) is 10.8 Å². The lowest BCUT2D eigenvalue weighted by Gasteiger charge is -2.15. The zero-order valence-corrected chi connectivity index (χ0v) is 14.6. The van der Waals surface area contributed by atoms with E-state index < -0.39 is 12.1 Å². The Bertz CT molecular complexity index is 934. The molecule has 3 aromatic rings. The van der Waals surface area contributed by atoms with Gasteiger partial charge in [-0.2, -0.15) is 0 Å². The van der Waals surface area contributed by atoms with Crippen LogP contribution in [0.25, 0.3) is 10.8 Å². The van der Waals surface area contributed by atoms with Gasteiger partial charge in [-0.1, -0.05) is 30.3 Å². The highest BCUT2D eigenvalue weighted by Gasteiger charge is 2.15. The zero-order chi connectivity index (χ0) is 18.5. The van der Waals surface area contributed by atoms with Crippen LogP contribution in [0.5, 0.6) is 5.75 Å². The molecule has 1 N–H and O–H groups in total. The molecule has 5 nitrogen and oxygen atoms in total. The van der Waals surface area contributed by atoms with Crippen LogP contribution >= 0.6 is 0 Å². The Morgan fingerprint density at radius 2 is 1.62 bits per heavy atom. The zero-order valence-electron chi connectivity index (χ0n) is 14.6. The molecule has 0 saturated heterocycles. The largest absolute Gasteiger partial charge is 0.481 e. The quantitative estimate of drug-likeness (QED) is 0.706. The van der Waals surface area contributed by atoms with Gasteiger partial charge in [0.25, 0.3) is 5.91 Å². The Hall–Kier alpha value is -3.34. The van der Waals surface area contributed by atoms with Crippen molar-refractivity contribution in [3.05, 3.63) is 72.3 Å². The van der Waals surface area contributed by atoms with E-state index in [1.54, 1.807) is 31.2 Å². The third-order valence-electron chi connectivity index (χ3n) is 3.98. The minimum Gasteiger partial charge on any atom is -0.481 e. The van der Waals surface area contributed by atoms with Crippen LogP contribution in [0, 0.1) is 0 Å². The van der Waals surface area contributed by atoms with Crippen LogP contribution in [0.2, 0.25) is 0 Å². The Morgan fingerprint density at radius 3 is 2.31 bits per heavy atom. The van der Waals surface area contributed by atoms with E-state index >= 15 is 0 Å². The third kappa shape index (κ3) is 4.00. The Morgan fingerprint density at radius 1 is 0.923 bits per heavy atom. The number of esters is 1. The maximum atomic E-state index is 12.3. The molecule has 3 aromatic carbocycles. The summed E-state index contributed by atoms with van der Waals surface area (Å²) in [7, 11) is 1.32. The van der Waals surface area contributed by atoms with Crippen LogP contribution in [0.4, 0.5) is 5.69 Å². The number of rotatable bonds is 5. The van der Waals surface area contributed by atoms with Gasteiger partial charge in [0, 0.05) is 5.69 Å². The summed E-state index contributed by atoms with van der Waals surface area (Å²) >= 11 is 0. The van der Waals surface area contributed by atoms with Crippen molar-refractivity contribution in [2.75, 3.05) is 12.4 Å². The maximum Gasteiger partial charge on any atom is 0.337 e. The van der Waals surface area contributed by atoms with Crippen molar-refractivity contribution in [3.63, 3.8) is 0 Å². The molecule has 1 amide bonds. The van der Waals surface area contributed by atoms with Gasteiger partial charge in [-0.05, 0) is 54.1 Å². The molecule has 0 aromatic heterocycles. The van der Waals surface area contributed by atoms with Crippen LogP contribution in [-0.4, -0.2) is 25.1 Å². The molecular formula is C21H19NO4. The van der Waals surface area contributed by atoms with Crippen molar-refractivity contribution in [3.8, 4) is 5.75 Å². The predicted molar refractivity (Wildman–Crippen MR) is 100 cm³/mol. The first-order chi connectivity index (χ1) is 12.6. The molecule has 0 saturated carbocycles. The van der Waals surface area contributed by atoms with Crippen molar-refractivity contribution in [2.24, 2.45) is 0 Å². The minimum atomic E-state index is -0.670. The summed E-state index contributed by atoms with van der Waals surface area (Å²) in [5.41, 5.74) is 1.00. The fourth-order valence-electron chi connectivity index (χ4n) is 2.55. The van der Waals surface area contributed by atoms with Crippen molar-refractivity contribution in [2.45, 2.75) is 13.0 Å². The molecule has 132 valence electrons. The molecule has 0 bridgehead atoms. The fourth-order valence-corrected chi connectivity index (χ4v) is 2.55. The topological polar surface area (TPSA) is 64.6 Å². The number of hydrogen-bond acceptors (Lipinski definition) is 4. The molecular weight excluding hydrogens is 330 g/mol. The maximum absolute atomic E-state index is 12.3. The van der Waals surface area contributed by atoms with Gasteiger partial charge >= 0.3 is 5.97 Å². The number of methoxy groups -OCH3 is 1. The summed E-state index contributed by atoms with van der Waals surface area (Å²) in [5.74, 6) is -0.0627. The van der Waals surface area contributed by atoms with Crippen LogP contribution in [0.15, 0.2) is 66.7 Å². The average molecular weight is 349 g/mol. The number of amides is 1. The molecule has 0 fully saturated rings. The van der Waals surface area contributed by atoms with Crippen LogP contribution in [0.1, 0.15) is 17.3 Å². The molecule has 0 radical (unpaired) electrons. The first kappa shape index (κ1) is 17.5. The Kier molecular flexibility index (Phi) is 5.17. The molecule has 0 aliphatic heterocycles. The normalized spacial score (nSPS) is 11.6. The van der Waals surface area contributed by atoms with E-state index in [1.165, 1.54) is 7.11 Å². The Balaban J connectivity index is 1.64. The van der Waals surface area contributed by atoms with Crippen LogP contribution < -0.4 is 10.1 Å². The molecule has 26 heavy (non-hydrogen) atoms. The van der Waals surface area contributed by atoms with Gasteiger partial charge in [-0.3, -0.25) is 4.79 Å². The summed E-state index contributed by atoms with van der Waals surface area (Å²) in [5, 5.41) is 4.93. The molecule has 0 aliphatic rings. The van der Waals surface area contributed by atoms with E-state index in [0.29, 0.717) is 17.0 Å². The second-order valence-corrected chi connectivity index (χ2v) is 5.83. The highest BCUT2D eigenvalue weighted by Crippen LogP contribution is 2.21. The third-order valence-corrected chi connectivity index (χ3v) is 3.98. The number of anilines is 1. The van der Waals surface area contributed by atoms with E-state index in [2.05, 4.69) is 10.1 Å². The lowest BCUT2D eigenvalue weighted by Crippen LogP contribution is -2.30. The van der Waals surface area contributed by atoms with Crippen molar-refractivity contribution >= 4 is 28.3 Å². The molecule has 0 heterocycles. The van der Waals surface area contributed by atoms with Crippen LogP contribution in [-0.2, 0) is 9.53 Å². The minimum absolute atomic E-state index is 0.274. The highest BCUT2D eigenvalue weighted by molar-refractivity contribution is 5.95.